The molecule has 6 heteroatoms. The summed E-state index contributed by atoms with van der Waals surface area (Å²) in [6, 6.07) is 0. The first-order valence-corrected chi connectivity index (χ1v) is 6.43. The van der Waals surface area contributed by atoms with Crippen molar-refractivity contribution in [3.05, 3.63) is 0 Å². The minimum atomic E-state index is -3.21. The van der Waals surface area contributed by atoms with E-state index in [0.29, 0.717) is 19.6 Å². The highest BCUT2D eigenvalue weighted by atomic mass is 32.2. The minimum Gasteiger partial charge on any atom is -0.304 e. The molecule has 84 valence electrons. The van der Waals surface area contributed by atoms with E-state index < -0.39 is 10.2 Å². The van der Waals surface area contributed by atoms with Gasteiger partial charge in [-0.05, 0) is 13.5 Å². The van der Waals surface area contributed by atoms with Gasteiger partial charge in [-0.1, -0.05) is 6.92 Å². The molecule has 5 nitrogen and oxygen atoms in total. The smallest absolute Gasteiger partial charge is 0.279 e. The van der Waals surface area contributed by atoms with Crippen LogP contribution in [0.3, 0.4) is 0 Å². The lowest BCUT2D eigenvalue weighted by molar-refractivity contribution is 0.221. The summed E-state index contributed by atoms with van der Waals surface area (Å²) >= 11 is 0. The van der Waals surface area contributed by atoms with Gasteiger partial charge < -0.3 is 4.90 Å². The number of nitrogens with zero attached hydrogens (tertiary/aromatic N) is 2. The van der Waals surface area contributed by atoms with Crippen LogP contribution in [-0.2, 0) is 10.2 Å². The first kappa shape index (κ1) is 11.9. The molecule has 1 saturated heterocycles. The van der Waals surface area contributed by atoms with E-state index in [0.717, 1.165) is 19.5 Å². The maximum absolute atomic E-state index is 11.6. The average molecular weight is 221 g/mol. The van der Waals surface area contributed by atoms with Crippen LogP contribution in [0.1, 0.15) is 13.3 Å². The summed E-state index contributed by atoms with van der Waals surface area (Å²) in [4.78, 5) is 2.13. The SMILES string of the molecule is CCCNS(=O)(=O)N1CCN(C)CC1. The average Bonchev–Trinajstić information content (AvgIpc) is 2.16. The molecule has 0 aromatic rings. The first-order chi connectivity index (χ1) is 6.56. The normalized spacial score (nSPS) is 21.3. The molecule has 0 saturated carbocycles. The van der Waals surface area contributed by atoms with Gasteiger partial charge in [-0.3, -0.25) is 0 Å². The van der Waals surface area contributed by atoms with E-state index in [-0.39, 0.29) is 0 Å². The Labute approximate surface area is 86.3 Å². The topological polar surface area (TPSA) is 52.7 Å². The molecule has 0 atom stereocenters. The maximum atomic E-state index is 11.6. The minimum absolute atomic E-state index is 0.522. The molecule has 1 fully saturated rings. The van der Waals surface area contributed by atoms with Crippen LogP contribution in [0.4, 0.5) is 0 Å². The van der Waals surface area contributed by atoms with Gasteiger partial charge in [-0.15, -0.1) is 0 Å². The Kier molecular flexibility index (Phi) is 4.31. The number of hydrogen-bond acceptors (Lipinski definition) is 3. The van der Waals surface area contributed by atoms with E-state index in [1.807, 2.05) is 14.0 Å². The lowest BCUT2D eigenvalue weighted by atomic mass is 10.4. The van der Waals surface area contributed by atoms with Gasteiger partial charge >= 0.3 is 0 Å². The number of hydrogen-bond donors (Lipinski definition) is 1. The number of rotatable bonds is 4. The summed E-state index contributed by atoms with van der Waals surface area (Å²) in [6.45, 7) is 5.28. The summed E-state index contributed by atoms with van der Waals surface area (Å²) in [5.41, 5.74) is 0. The molecule has 0 aromatic carbocycles. The first-order valence-electron chi connectivity index (χ1n) is 4.99. The third kappa shape index (κ3) is 3.20. The van der Waals surface area contributed by atoms with Crippen LogP contribution in [0.5, 0.6) is 0 Å². The molecule has 1 rings (SSSR count). The summed E-state index contributed by atoms with van der Waals surface area (Å²) in [5.74, 6) is 0. The van der Waals surface area contributed by atoms with Crippen molar-refractivity contribution in [2.75, 3.05) is 39.8 Å². The second kappa shape index (κ2) is 5.06. The number of piperazine rings is 1. The third-order valence-electron chi connectivity index (χ3n) is 2.34. The highest BCUT2D eigenvalue weighted by molar-refractivity contribution is 7.87. The summed E-state index contributed by atoms with van der Waals surface area (Å²) in [5, 5.41) is 0. The number of likely N-dealkylation sites (N-methyl/N-ethyl adjacent to an activating group) is 1. The van der Waals surface area contributed by atoms with Gasteiger partial charge in [0.1, 0.15) is 0 Å². The quantitative estimate of drug-likeness (QED) is 0.695. The Morgan fingerprint density at radius 2 is 1.79 bits per heavy atom. The molecule has 0 radical (unpaired) electrons. The van der Waals surface area contributed by atoms with Crippen molar-refractivity contribution in [3.8, 4) is 0 Å². The van der Waals surface area contributed by atoms with Crippen molar-refractivity contribution in [1.82, 2.24) is 13.9 Å². The monoisotopic (exact) mass is 221 g/mol. The van der Waals surface area contributed by atoms with E-state index in [1.54, 1.807) is 0 Å². The lowest BCUT2D eigenvalue weighted by Gasteiger charge is -2.31. The number of nitrogens with one attached hydrogen (secondary N) is 1. The molecule has 0 spiro atoms. The van der Waals surface area contributed by atoms with E-state index in [1.165, 1.54) is 4.31 Å². The molecular weight excluding hydrogens is 202 g/mol. The van der Waals surface area contributed by atoms with Gasteiger partial charge in [0.15, 0.2) is 0 Å². The van der Waals surface area contributed by atoms with Gasteiger partial charge in [-0.2, -0.15) is 12.7 Å². The van der Waals surface area contributed by atoms with Crippen LogP contribution in [0.25, 0.3) is 0 Å². The molecule has 1 heterocycles. The van der Waals surface area contributed by atoms with Crippen LogP contribution in [0.2, 0.25) is 0 Å². The zero-order valence-corrected chi connectivity index (χ0v) is 9.68. The van der Waals surface area contributed by atoms with Crippen LogP contribution < -0.4 is 4.72 Å². The zero-order valence-electron chi connectivity index (χ0n) is 8.86. The fraction of sp³-hybridized carbons (Fsp3) is 1.00. The van der Waals surface area contributed by atoms with Gasteiger partial charge in [0.05, 0.1) is 0 Å². The summed E-state index contributed by atoms with van der Waals surface area (Å²) < 4.78 is 27.4. The fourth-order valence-electron chi connectivity index (χ4n) is 1.35. The van der Waals surface area contributed by atoms with Crippen molar-refractivity contribution in [1.29, 1.82) is 0 Å². The molecule has 1 N–H and O–H groups in total. The van der Waals surface area contributed by atoms with Crippen LogP contribution >= 0.6 is 0 Å². The van der Waals surface area contributed by atoms with Gasteiger partial charge in [0, 0.05) is 32.7 Å². The van der Waals surface area contributed by atoms with Crippen LogP contribution in [0.15, 0.2) is 0 Å². The van der Waals surface area contributed by atoms with Gasteiger partial charge in [0.2, 0.25) is 0 Å². The Balaban J connectivity index is 2.47. The molecule has 0 aromatic heterocycles. The second-order valence-electron chi connectivity index (χ2n) is 3.60. The predicted octanol–water partition coefficient (Wildman–Crippen LogP) is -0.522. The second-order valence-corrected chi connectivity index (χ2v) is 5.36. The fourth-order valence-corrected chi connectivity index (χ4v) is 2.64. The standard InChI is InChI=1S/C8H19N3O2S/c1-3-4-9-14(12,13)11-7-5-10(2)6-8-11/h9H,3-8H2,1-2H3. The van der Waals surface area contributed by atoms with E-state index >= 15 is 0 Å². The van der Waals surface area contributed by atoms with E-state index in [9.17, 15) is 8.42 Å². The van der Waals surface area contributed by atoms with Crippen molar-refractivity contribution < 1.29 is 8.42 Å². The van der Waals surface area contributed by atoms with Crippen molar-refractivity contribution in [2.45, 2.75) is 13.3 Å². The van der Waals surface area contributed by atoms with Crippen LogP contribution in [0, 0.1) is 0 Å². The lowest BCUT2D eigenvalue weighted by Crippen LogP contribution is -2.50. The van der Waals surface area contributed by atoms with Gasteiger partial charge in [-0.25, -0.2) is 4.72 Å². The highest BCUT2D eigenvalue weighted by Gasteiger charge is 2.24. The molecule has 1 aliphatic heterocycles. The van der Waals surface area contributed by atoms with E-state index in [2.05, 4.69) is 9.62 Å². The van der Waals surface area contributed by atoms with Crippen molar-refractivity contribution in [2.24, 2.45) is 0 Å². The third-order valence-corrected chi connectivity index (χ3v) is 3.95. The Morgan fingerprint density at radius 1 is 1.21 bits per heavy atom. The Bertz CT molecular complexity index is 258. The molecule has 1 aliphatic rings. The van der Waals surface area contributed by atoms with Crippen molar-refractivity contribution in [3.63, 3.8) is 0 Å². The largest absolute Gasteiger partial charge is 0.304 e. The molecule has 0 unspecified atom stereocenters. The molecule has 0 aliphatic carbocycles. The Morgan fingerprint density at radius 3 is 2.29 bits per heavy atom. The molecular formula is C8H19N3O2S. The van der Waals surface area contributed by atoms with Crippen molar-refractivity contribution >= 4 is 10.2 Å². The molecule has 14 heavy (non-hydrogen) atoms. The zero-order chi connectivity index (χ0) is 10.6. The molecule has 0 bridgehead atoms. The summed E-state index contributed by atoms with van der Waals surface area (Å²) in [6.07, 6.45) is 0.826. The maximum Gasteiger partial charge on any atom is 0.279 e. The van der Waals surface area contributed by atoms with Crippen LogP contribution in [-0.4, -0.2) is 57.4 Å². The highest BCUT2D eigenvalue weighted by Crippen LogP contribution is 2.03. The summed E-state index contributed by atoms with van der Waals surface area (Å²) in [7, 11) is -1.21. The Hall–Kier alpha value is -0.170. The van der Waals surface area contributed by atoms with E-state index in [4.69, 9.17) is 0 Å². The van der Waals surface area contributed by atoms with Gasteiger partial charge in [0.25, 0.3) is 10.2 Å². The molecule has 0 amide bonds. The predicted molar refractivity (Wildman–Crippen MR) is 56.3 cm³/mol.